The largest absolute Gasteiger partial charge is 0.385 e. The fraction of sp³-hybridized carbons (Fsp3) is 0.700. The van der Waals surface area contributed by atoms with Crippen molar-refractivity contribution < 1.29 is 21.6 Å². The van der Waals surface area contributed by atoms with Crippen LogP contribution in [-0.2, 0) is 24.8 Å². The molecular weight excluding hydrogens is 579 g/mol. The molecule has 1 atom stereocenters. The van der Waals surface area contributed by atoms with E-state index < -0.39 is 20.0 Å². The van der Waals surface area contributed by atoms with Gasteiger partial charge in [0, 0.05) is 44.6 Å². The number of hydrogen-bond donors (Lipinski definition) is 1. The molecule has 2 heterocycles. The number of thiophene rings is 1. The predicted octanol–water partition coefficient (Wildman–Crippen LogP) is 7.01. The molecule has 11 heteroatoms. The average molecular weight is 630 g/mol. The van der Waals surface area contributed by atoms with Crippen LogP contribution in [0.2, 0.25) is 0 Å². The number of hydrogen-bond acceptors (Lipinski definition) is 7. The molecule has 0 fully saturated rings. The summed E-state index contributed by atoms with van der Waals surface area (Å²) in [5.41, 5.74) is 0.516. The van der Waals surface area contributed by atoms with Crippen LogP contribution in [0.1, 0.15) is 109 Å². The Bertz CT molecular complexity index is 1170. The van der Waals surface area contributed by atoms with Gasteiger partial charge in [-0.1, -0.05) is 70.3 Å². The Morgan fingerprint density at radius 1 is 1.00 bits per heavy atom. The summed E-state index contributed by atoms with van der Waals surface area (Å²) in [7, 11) is -6.15. The summed E-state index contributed by atoms with van der Waals surface area (Å²) in [5, 5.41) is 3.30. The number of allylic oxidation sites excluding steroid dienone is 4. The summed E-state index contributed by atoms with van der Waals surface area (Å²) < 4.78 is 62.8. The lowest BCUT2D eigenvalue weighted by Gasteiger charge is -2.32. The van der Waals surface area contributed by atoms with Gasteiger partial charge in [0.05, 0.1) is 0 Å². The van der Waals surface area contributed by atoms with E-state index in [4.69, 9.17) is 4.74 Å². The van der Waals surface area contributed by atoms with E-state index in [-0.39, 0.29) is 21.0 Å². The molecule has 0 aliphatic carbocycles. The lowest BCUT2D eigenvalue weighted by atomic mass is 10.1. The first-order chi connectivity index (χ1) is 19.8. The number of likely N-dealkylation sites (N-methyl/N-ethyl adjacent to an activating group) is 1. The summed E-state index contributed by atoms with van der Waals surface area (Å²) >= 11 is 0.799. The van der Waals surface area contributed by atoms with Gasteiger partial charge in [0.15, 0.2) is 0 Å². The van der Waals surface area contributed by atoms with Crippen LogP contribution in [0.15, 0.2) is 43.2 Å². The molecule has 41 heavy (non-hydrogen) atoms. The van der Waals surface area contributed by atoms with Crippen molar-refractivity contribution in [1.29, 1.82) is 0 Å². The van der Waals surface area contributed by atoms with Crippen LogP contribution in [0, 0.1) is 0 Å². The standard InChI is InChI=1S/C30H51N3O5S3/c1-4-6-7-8-9-10-11-12-13-14-15-16-17-18-19-20-22-32-40(34,35)29-25-27-28(31-5-2)26-33(23-21-24-38-3)41(36,37)30(27)39-29/h9-10,12-13,22,25,28,31H,4-8,11,14-21,23-24,26H2,1-3H3/b10-9-,13-12+,32-22?/t28-/m0/s1. The molecular formula is C30H51N3O5S3. The number of nitrogens with one attached hydrogen (secondary N) is 1. The van der Waals surface area contributed by atoms with Crippen LogP contribution in [0.4, 0.5) is 0 Å². The highest BCUT2D eigenvalue weighted by atomic mass is 32.3. The zero-order chi connectivity index (χ0) is 30.0. The molecule has 0 bridgehead atoms. The van der Waals surface area contributed by atoms with Gasteiger partial charge in [-0.2, -0.15) is 17.1 Å². The minimum Gasteiger partial charge on any atom is -0.385 e. The van der Waals surface area contributed by atoms with Gasteiger partial charge in [0.2, 0.25) is 0 Å². The van der Waals surface area contributed by atoms with Crippen molar-refractivity contribution >= 4 is 37.6 Å². The number of rotatable bonds is 22. The van der Waals surface area contributed by atoms with E-state index in [0.717, 1.165) is 49.9 Å². The zero-order valence-corrected chi connectivity index (χ0v) is 27.7. The van der Waals surface area contributed by atoms with Crippen LogP contribution in [0.3, 0.4) is 0 Å². The first kappa shape index (κ1) is 35.8. The number of ether oxygens (including phenoxy) is 1. The molecule has 0 radical (unpaired) electrons. The second-order valence-corrected chi connectivity index (χ2v) is 15.5. The second-order valence-electron chi connectivity index (χ2n) is 10.4. The van der Waals surface area contributed by atoms with Crippen molar-refractivity contribution in [3.05, 3.63) is 35.9 Å². The highest BCUT2D eigenvalue weighted by Gasteiger charge is 2.39. The molecule has 234 valence electrons. The number of sulfonamides is 2. The predicted molar refractivity (Wildman–Crippen MR) is 171 cm³/mol. The Hall–Kier alpha value is -1.37. The van der Waals surface area contributed by atoms with E-state index in [2.05, 4.69) is 40.9 Å². The summed E-state index contributed by atoms with van der Waals surface area (Å²) in [6.07, 6.45) is 24.2. The molecule has 0 unspecified atom stereocenters. The number of methoxy groups -OCH3 is 1. The van der Waals surface area contributed by atoms with Gasteiger partial charge in [-0.3, -0.25) is 0 Å². The van der Waals surface area contributed by atoms with Gasteiger partial charge in [-0.05, 0) is 64.0 Å². The van der Waals surface area contributed by atoms with Crippen molar-refractivity contribution in [2.24, 2.45) is 4.40 Å². The minimum atomic E-state index is -3.96. The Morgan fingerprint density at radius 2 is 1.66 bits per heavy atom. The van der Waals surface area contributed by atoms with Gasteiger partial charge < -0.3 is 10.1 Å². The summed E-state index contributed by atoms with van der Waals surface area (Å²) in [6.45, 7) is 5.85. The Morgan fingerprint density at radius 3 is 2.32 bits per heavy atom. The SMILES string of the molecule is CCCCC/C=C\C/C=C/CCCCCCCC=NS(=O)(=O)c1cc2c(s1)S(=O)(=O)N(CCCOC)C[C@@H]2NCC. The molecule has 1 aliphatic rings. The smallest absolute Gasteiger partial charge is 0.291 e. The van der Waals surface area contributed by atoms with E-state index in [9.17, 15) is 16.8 Å². The fourth-order valence-corrected chi connectivity index (χ4v) is 9.50. The minimum absolute atomic E-state index is 0.0241. The fourth-order valence-electron chi connectivity index (χ4n) is 4.72. The topological polar surface area (TPSA) is 105 Å². The summed E-state index contributed by atoms with van der Waals surface area (Å²) in [6, 6.07) is 1.22. The molecule has 0 spiro atoms. The van der Waals surface area contributed by atoms with Crippen LogP contribution >= 0.6 is 11.3 Å². The third kappa shape index (κ3) is 12.4. The average Bonchev–Trinajstić information content (AvgIpc) is 3.41. The van der Waals surface area contributed by atoms with Crippen LogP contribution in [0.5, 0.6) is 0 Å². The van der Waals surface area contributed by atoms with E-state index >= 15 is 0 Å². The lowest BCUT2D eigenvalue weighted by Crippen LogP contribution is -2.43. The molecule has 1 N–H and O–H groups in total. The van der Waals surface area contributed by atoms with E-state index in [0.29, 0.717) is 38.1 Å². The van der Waals surface area contributed by atoms with Gasteiger partial charge in [0.1, 0.15) is 8.42 Å². The van der Waals surface area contributed by atoms with Gasteiger partial charge in [-0.15, -0.1) is 11.3 Å². The lowest BCUT2D eigenvalue weighted by molar-refractivity contribution is 0.185. The molecule has 1 aromatic rings. The Labute approximate surface area is 253 Å². The third-order valence-corrected chi connectivity index (χ3v) is 12.3. The molecule has 0 saturated heterocycles. The number of nitrogens with zero attached hydrogens (tertiary/aromatic N) is 2. The molecule has 8 nitrogen and oxygen atoms in total. The first-order valence-electron chi connectivity index (χ1n) is 15.2. The van der Waals surface area contributed by atoms with Gasteiger partial charge >= 0.3 is 0 Å². The Kier molecular flexibility index (Phi) is 17.3. The maximum absolute atomic E-state index is 13.2. The molecule has 1 aliphatic heterocycles. The van der Waals surface area contributed by atoms with Crippen molar-refractivity contribution in [2.45, 2.75) is 112 Å². The van der Waals surface area contributed by atoms with Crippen LogP contribution in [-0.4, -0.2) is 60.7 Å². The van der Waals surface area contributed by atoms with Crippen molar-refractivity contribution in [3.63, 3.8) is 0 Å². The van der Waals surface area contributed by atoms with Gasteiger partial charge in [0.25, 0.3) is 20.0 Å². The number of fused-ring (bicyclic) bond motifs is 1. The second kappa shape index (κ2) is 19.7. The monoisotopic (exact) mass is 629 g/mol. The van der Waals surface area contributed by atoms with Crippen molar-refractivity contribution in [2.75, 3.05) is 33.4 Å². The van der Waals surface area contributed by atoms with Crippen LogP contribution in [0.25, 0.3) is 0 Å². The normalized spacial score (nSPS) is 17.8. The maximum atomic E-state index is 13.2. The Balaban J connectivity index is 1.77. The first-order valence-corrected chi connectivity index (χ1v) is 18.9. The number of unbranched alkanes of at least 4 members (excludes halogenated alkanes) is 9. The van der Waals surface area contributed by atoms with Crippen molar-refractivity contribution in [1.82, 2.24) is 9.62 Å². The zero-order valence-electron chi connectivity index (χ0n) is 25.2. The molecule has 0 aromatic carbocycles. The van der Waals surface area contributed by atoms with Crippen LogP contribution < -0.4 is 5.32 Å². The van der Waals surface area contributed by atoms with E-state index in [1.807, 2.05) is 6.92 Å². The molecule has 1 aromatic heterocycles. The molecule has 0 amide bonds. The highest BCUT2D eigenvalue weighted by molar-refractivity contribution is 7.94. The molecule has 2 rings (SSSR count). The summed E-state index contributed by atoms with van der Waals surface area (Å²) in [4.78, 5) is 0. The molecule has 0 saturated carbocycles. The quantitative estimate of drug-likeness (QED) is 0.0840. The highest BCUT2D eigenvalue weighted by Crippen LogP contribution is 2.40. The third-order valence-electron chi connectivity index (χ3n) is 7.00. The summed E-state index contributed by atoms with van der Waals surface area (Å²) in [5.74, 6) is 0. The van der Waals surface area contributed by atoms with Crippen molar-refractivity contribution in [3.8, 4) is 0 Å². The van der Waals surface area contributed by atoms with E-state index in [1.54, 1.807) is 7.11 Å². The maximum Gasteiger partial charge on any atom is 0.291 e. The van der Waals surface area contributed by atoms with E-state index in [1.165, 1.54) is 48.7 Å². The van der Waals surface area contributed by atoms with Gasteiger partial charge in [-0.25, -0.2) is 8.42 Å².